The maximum atomic E-state index is 13.0. The Balaban J connectivity index is 2.00. The molecule has 1 N–H and O–H groups in total. The van der Waals surface area contributed by atoms with E-state index in [0.29, 0.717) is 35.5 Å². The Bertz CT molecular complexity index is 932. The number of fused-ring (bicyclic) bond motifs is 1. The van der Waals surface area contributed by atoms with Crippen LogP contribution in [0.25, 0.3) is 0 Å². The summed E-state index contributed by atoms with van der Waals surface area (Å²) in [6, 6.07) is 7.86. The number of anilines is 1. The molecule has 0 fully saturated rings. The van der Waals surface area contributed by atoms with Crippen molar-refractivity contribution in [2.45, 2.75) is 32.2 Å². The Morgan fingerprint density at radius 3 is 2.67 bits per heavy atom. The first-order valence-corrected chi connectivity index (χ1v) is 8.85. The monoisotopic (exact) mass is 370 g/mol. The number of amides is 1. The van der Waals surface area contributed by atoms with Crippen LogP contribution in [0.2, 0.25) is 0 Å². The van der Waals surface area contributed by atoms with Crippen molar-refractivity contribution in [3.05, 3.63) is 57.5 Å². The number of ether oxygens (including phenoxy) is 2. The van der Waals surface area contributed by atoms with Gasteiger partial charge in [0.05, 0.1) is 19.8 Å². The molecule has 0 atom stereocenters. The van der Waals surface area contributed by atoms with Gasteiger partial charge in [0.2, 0.25) is 0 Å². The zero-order chi connectivity index (χ0) is 19.4. The molecule has 1 aliphatic heterocycles. The maximum absolute atomic E-state index is 13.0. The molecular formula is C20H22N2O5. The van der Waals surface area contributed by atoms with Crippen molar-refractivity contribution in [2.75, 3.05) is 19.5 Å². The molecule has 1 aromatic carbocycles. The number of rotatable bonds is 4. The molecule has 3 rings (SSSR count). The second-order valence-electron chi connectivity index (χ2n) is 6.36. The van der Waals surface area contributed by atoms with E-state index in [-0.39, 0.29) is 17.2 Å². The minimum Gasteiger partial charge on any atom is -0.496 e. The minimum atomic E-state index is -0.483. The molecule has 0 unspecified atom stereocenters. The van der Waals surface area contributed by atoms with E-state index in [4.69, 9.17) is 9.47 Å². The molecule has 0 saturated heterocycles. The lowest BCUT2D eigenvalue weighted by Gasteiger charge is -2.17. The van der Waals surface area contributed by atoms with Gasteiger partial charge in [-0.25, -0.2) is 4.79 Å². The quantitative estimate of drug-likeness (QED) is 0.836. The number of benzene rings is 1. The van der Waals surface area contributed by atoms with Crippen LogP contribution in [0.15, 0.2) is 35.1 Å². The Hall–Kier alpha value is -3.09. The highest BCUT2D eigenvalue weighted by Gasteiger charge is 2.23. The van der Waals surface area contributed by atoms with Gasteiger partial charge >= 0.3 is 5.97 Å². The molecule has 7 heteroatoms. The Morgan fingerprint density at radius 2 is 1.93 bits per heavy atom. The Labute approximate surface area is 156 Å². The summed E-state index contributed by atoms with van der Waals surface area (Å²) in [4.78, 5) is 37.1. The zero-order valence-electron chi connectivity index (χ0n) is 15.4. The number of carbonyl (C=O) groups excluding carboxylic acids is 2. The van der Waals surface area contributed by atoms with Crippen molar-refractivity contribution in [2.24, 2.45) is 0 Å². The van der Waals surface area contributed by atoms with E-state index >= 15 is 0 Å². The van der Waals surface area contributed by atoms with Crippen LogP contribution < -0.4 is 15.6 Å². The standard InChI is InChI=1S/C20H22N2O5/c1-26-16-12-17(23)22-10-5-3-4-9-15(22)18(16)19(24)21-14-8-6-7-13(11-14)20(25)27-2/h6-8,11-12H,3-5,9-10H2,1-2H3,(H,21,24). The van der Waals surface area contributed by atoms with Gasteiger partial charge < -0.3 is 19.4 Å². The van der Waals surface area contributed by atoms with Gasteiger partial charge in [-0.1, -0.05) is 12.5 Å². The largest absolute Gasteiger partial charge is 0.496 e. The highest BCUT2D eigenvalue weighted by molar-refractivity contribution is 6.07. The summed E-state index contributed by atoms with van der Waals surface area (Å²) in [5.74, 6) is -0.599. The van der Waals surface area contributed by atoms with Gasteiger partial charge in [-0.3, -0.25) is 9.59 Å². The summed E-state index contributed by atoms with van der Waals surface area (Å²) in [6.45, 7) is 0.594. The molecule has 1 amide bonds. The average Bonchev–Trinajstić information content (AvgIpc) is 2.93. The fraction of sp³-hybridized carbons (Fsp3) is 0.350. The smallest absolute Gasteiger partial charge is 0.337 e. The summed E-state index contributed by atoms with van der Waals surface area (Å²) < 4.78 is 11.7. The lowest BCUT2D eigenvalue weighted by molar-refractivity contribution is 0.0600. The fourth-order valence-corrected chi connectivity index (χ4v) is 3.36. The molecule has 7 nitrogen and oxygen atoms in total. The molecule has 0 spiro atoms. The summed E-state index contributed by atoms with van der Waals surface area (Å²) in [6.07, 6.45) is 3.45. The van der Waals surface area contributed by atoms with Crippen LogP contribution in [0.5, 0.6) is 5.75 Å². The van der Waals surface area contributed by atoms with Gasteiger partial charge in [-0.05, 0) is 37.5 Å². The van der Waals surface area contributed by atoms with Gasteiger partial charge in [0, 0.05) is 24.0 Å². The molecule has 0 radical (unpaired) electrons. The van der Waals surface area contributed by atoms with Crippen LogP contribution >= 0.6 is 0 Å². The van der Waals surface area contributed by atoms with Crippen LogP contribution in [-0.2, 0) is 17.7 Å². The molecule has 1 aliphatic rings. The van der Waals surface area contributed by atoms with E-state index in [9.17, 15) is 14.4 Å². The van der Waals surface area contributed by atoms with Crippen LogP contribution in [0.1, 0.15) is 45.7 Å². The second-order valence-corrected chi connectivity index (χ2v) is 6.36. The second kappa shape index (κ2) is 8.07. The molecule has 142 valence electrons. The average molecular weight is 370 g/mol. The van der Waals surface area contributed by atoms with Gasteiger partial charge in [-0.2, -0.15) is 0 Å². The summed E-state index contributed by atoms with van der Waals surface area (Å²) >= 11 is 0. The van der Waals surface area contributed by atoms with Crippen molar-refractivity contribution in [3.63, 3.8) is 0 Å². The van der Waals surface area contributed by atoms with E-state index in [2.05, 4.69) is 5.32 Å². The summed E-state index contributed by atoms with van der Waals surface area (Å²) in [7, 11) is 2.74. The third kappa shape index (κ3) is 3.86. The number of nitrogens with one attached hydrogen (secondary N) is 1. The van der Waals surface area contributed by atoms with Crippen LogP contribution in [0.4, 0.5) is 5.69 Å². The van der Waals surface area contributed by atoms with Gasteiger partial charge in [0.25, 0.3) is 11.5 Å². The van der Waals surface area contributed by atoms with Crippen LogP contribution in [-0.4, -0.2) is 30.7 Å². The molecule has 27 heavy (non-hydrogen) atoms. The van der Waals surface area contributed by atoms with Gasteiger partial charge in [0.15, 0.2) is 0 Å². The minimum absolute atomic E-state index is 0.159. The topological polar surface area (TPSA) is 86.6 Å². The van der Waals surface area contributed by atoms with E-state index in [0.717, 1.165) is 19.3 Å². The van der Waals surface area contributed by atoms with Crippen LogP contribution in [0, 0.1) is 0 Å². The maximum Gasteiger partial charge on any atom is 0.337 e. The first-order valence-electron chi connectivity index (χ1n) is 8.85. The van der Waals surface area contributed by atoms with Gasteiger partial charge in [0.1, 0.15) is 11.3 Å². The molecule has 1 aromatic heterocycles. The zero-order valence-corrected chi connectivity index (χ0v) is 15.4. The number of methoxy groups -OCH3 is 2. The third-order valence-electron chi connectivity index (χ3n) is 4.67. The van der Waals surface area contributed by atoms with Crippen molar-refractivity contribution in [1.29, 1.82) is 0 Å². The summed E-state index contributed by atoms with van der Waals surface area (Å²) in [5.41, 5.74) is 1.70. The lowest BCUT2D eigenvalue weighted by Crippen LogP contribution is -2.27. The third-order valence-corrected chi connectivity index (χ3v) is 4.67. The fourth-order valence-electron chi connectivity index (χ4n) is 3.36. The lowest BCUT2D eigenvalue weighted by atomic mass is 10.1. The number of hydrogen-bond acceptors (Lipinski definition) is 5. The summed E-state index contributed by atoms with van der Waals surface area (Å²) in [5, 5.41) is 2.80. The first kappa shape index (κ1) is 18.7. The predicted molar refractivity (Wildman–Crippen MR) is 101 cm³/mol. The molecule has 0 aliphatic carbocycles. The Kier molecular flexibility index (Phi) is 5.59. The van der Waals surface area contributed by atoms with Gasteiger partial charge in [-0.15, -0.1) is 0 Å². The van der Waals surface area contributed by atoms with Crippen molar-refractivity contribution in [3.8, 4) is 5.75 Å². The van der Waals surface area contributed by atoms with Crippen molar-refractivity contribution >= 4 is 17.6 Å². The van der Waals surface area contributed by atoms with Crippen molar-refractivity contribution < 1.29 is 19.1 Å². The molecule has 2 heterocycles. The Morgan fingerprint density at radius 1 is 1.11 bits per heavy atom. The molecule has 2 aromatic rings. The number of aromatic nitrogens is 1. The van der Waals surface area contributed by atoms with E-state index in [1.54, 1.807) is 28.8 Å². The van der Waals surface area contributed by atoms with E-state index in [1.807, 2.05) is 0 Å². The van der Waals surface area contributed by atoms with E-state index < -0.39 is 5.97 Å². The highest BCUT2D eigenvalue weighted by atomic mass is 16.5. The number of hydrogen-bond donors (Lipinski definition) is 1. The van der Waals surface area contributed by atoms with E-state index in [1.165, 1.54) is 20.3 Å². The van der Waals surface area contributed by atoms with Crippen molar-refractivity contribution in [1.82, 2.24) is 4.57 Å². The highest BCUT2D eigenvalue weighted by Crippen LogP contribution is 2.26. The molecule has 0 saturated carbocycles. The normalized spacial score (nSPS) is 13.3. The number of nitrogens with zero attached hydrogens (tertiary/aromatic N) is 1. The SMILES string of the molecule is COC(=O)c1cccc(NC(=O)c2c(OC)cc(=O)n3c2CCCCC3)c1. The first-order chi connectivity index (χ1) is 13.0. The number of carbonyl (C=O) groups is 2. The van der Waals surface area contributed by atoms with Crippen LogP contribution in [0.3, 0.4) is 0 Å². The predicted octanol–water partition coefficient (Wildman–Crippen LogP) is 2.62. The molecule has 0 bridgehead atoms. The number of esters is 1. The molecular weight excluding hydrogens is 348 g/mol. The number of pyridine rings is 1.